The summed E-state index contributed by atoms with van der Waals surface area (Å²) in [5.41, 5.74) is 7.94. The summed E-state index contributed by atoms with van der Waals surface area (Å²) in [6.07, 6.45) is 1.98. The molecule has 0 amide bonds. The first-order valence-electron chi connectivity index (χ1n) is 6.03. The zero-order chi connectivity index (χ0) is 13.4. The first-order valence-corrected chi connectivity index (χ1v) is 8.54. The first kappa shape index (κ1) is 12.7. The minimum Gasteiger partial charge on any atom is -0.397 e. The number of nitrogen functional groups attached to an aromatic ring is 1. The molecule has 0 radical (unpaired) electrons. The Labute approximate surface area is 123 Å². The molecule has 0 saturated heterocycles. The lowest BCUT2D eigenvalue weighted by atomic mass is 10.1. The number of thiophene rings is 3. The lowest BCUT2D eigenvalue weighted by molar-refractivity contribution is 0.930. The van der Waals surface area contributed by atoms with Crippen LogP contribution in [0.3, 0.4) is 0 Å². The lowest BCUT2D eigenvalue weighted by Crippen LogP contribution is -1.92. The van der Waals surface area contributed by atoms with E-state index in [0.717, 1.165) is 18.4 Å². The van der Waals surface area contributed by atoms with Gasteiger partial charge in [0.05, 0.1) is 10.6 Å². The molecule has 96 valence electrons. The van der Waals surface area contributed by atoms with Gasteiger partial charge in [0.1, 0.15) is 10.9 Å². The van der Waals surface area contributed by atoms with E-state index in [9.17, 15) is 0 Å². The highest BCUT2D eigenvalue weighted by atomic mass is 32.1. The van der Waals surface area contributed by atoms with Crippen LogP contribution in [-0.2, 0) is 6.42 Å². The van der Waals surface area contributed by atoms with Gasteiger partial charge >= 0.3 is 0 Å². The second-order valence-electron chi connectivity index (χ2n) is 4.27. The number of nitriles is 1. The summed E-state index contributed by atoms with van der Waals surface area (Å²) in [6.45, 7) is 2.14. The van der Waals surface area contributed by atoms with Crippen LogP contribution < -0.4 is 5.73 Å². The summed E-state index contributed by atoms with van der Waals surface area (Å²) in [6, 6.07) is 6.58. The van der Waals surface area contributed by atoms with Crippen LogP contribution in [-0.4, -0.2) is 0 Å². The smallest absolute Gasteiger partial charge is 0.128 e. The van der Waals surface area contributed by atoms with Crippen molar-refractivity contribution in [3.63, 3.8) is 0 Å². The van der Waals surface area contributed by atoms with Crippen molar-refractivity contribution in [3.05, 3.63) is 28.0 Å². The van der Waals surface area contributed by atoms with Gasteiger partial charge in [-0.1, -0.05) is 13.3 Å². The highest BCUT2D eigenvalue weighted by Gasteiger charge is 2.18. The topological polar surface area (TPSA) is 49.8 Å². The van der Waals surface area contributed by atoms with E-state index in [4.69, 9.17) is 11.0 Å². The van der Waals surface area contributed by atoms with E-state index in [1.165, 1.54) is 30.5 Å². The molecule has 0 atom stereocenters. The fourth-order valence-electron chi connectivity index (χ4n) is 2.14. The van der Waals surface area contributed by atoms with Crippen LogP contribution in [0.4, 0.5) is 5.69 Å². The summed E-state index contributed by atoms with van der Waals surface area (Å²) in [4.78, 5) is 3.07. The van der Waals surface area contributed by atoms with Gasteiger partial charge in [0.2, 0.25) is 0 Å². The van der Waals surface area contributed by atoms with Gasteiger partial charge in [0.15, 0.2) is 0 Å². The molecule has 19 heavy (non-hydrogen) atoms. The van der Waals surface area contributed by atoms with Crippen LogP contribution in [0.1, 0.15) is 23.8 Å². The zero-order valence-corrected chi connectivity index (χ0v) is 12.8. The predicted octanol–water partition coefficient (Wildman–Crippen LogP) is 5.10. The fourth-order valence-corrected chi connectivity index (χ4v) is 5.44. The number of hydrogen-bond donors (Lipinski definition) is 1. The highest BCUT2D eigenvalue weighted by Crippen LogP contribution is 2.44. The van der Waals surface area contributed by atoms with E-state index in [0.29, 0.717) is 10.6 Å². The summed E-state index contributed by atoms with van der Waals surface area (Å²) in [5, 5.41) is 11.3. The molecule has 3 rings (SSSR count). The quantitative estimate of drug-likeness (QED) is 0.732. The molecule has 3 aromatic heterocycles. The van der Waals surface area contributed by atoms with E-state index < -0.39 is 0 Å². The Kier molecular flexibility index (Phi) is 3.31. The SMILES string of the molecule is CCCc1c(-c2cc3sccc3s2)sc(C#N)c1N. The van der Waals surface area contributed by atoms with Crippen LogP contribution >= 0.6 is 34.0 Å². The summed E-state index contributed by atoms with van der Waals surface area (Å²) in [7, 11) is 0. The fraction of sp³-hybridized carbons (Fsp3) is 0.214. The number of hydrogen-bond acceptors (Lipinski definition) is 5. The molecule has 0 aromatic carbocycles. The van der Waals surface area contributed by atoms with Crippen molar-refractivity contribution < 1.29 is 0 Å². The van der Waals surface area contributed by atoms with Crippen LogP contribution in [0.25, 0.3) is 19.2 Å². The highest BCUT2D eigenvalue weighted by molar-refractivity contribution is 7.30. The molecule has 0 aliphatic heterocycles. The second-order valence-corrected chi connectivity index (χ2v) is 7.33. The van der Waals surface area contributed by atoms with Crippen LogP contribution in [0.5, 0.6) is 0 Å². The van der Waals surface area contributed by atoms with Crippen LogP contribution in [0.15, 0.2) is 17.5 Å². The number of anilines is 1. The summed E-state index contributed by atoms with van der Waals surface area (Å²) in [5.74, 6) is 0. The maximum Gasteiger partial charge on any atom is 0.128 e. The van der Waals surface area contributed by atoms with Crippen LogP contribution in [0, 0.1) is 11.3 Å². The maximum atomic E-state index is 9.16. The molecular formula is C14H12N2S3. The lowest BCUT2D eigenvalue weighted by Gasteiger charge is -2.01. The van der Waals surface area contributed by atoms with Gasteiger partial charge in [-0.15, -0.1) is 34.0 Å². The molecule has 0 bridgehead atoms. The minimum absolute atomic E-state index is 0.648. The van der Waals surface area contributed by atoms with Crippen molar-refractivity contribution >= 4 is 49.1 Å². The Morgan fingerprint density at radius 1 is 1.32 bits per heavy atom. The van der Waals surface area contributed by atoms with Gasteiger partial charge in [-0.25, -0.2) is 0 Å². The first-order chi connectivity index (χ1) is 9.24. The molecule has 0 unspecified atom stereocenters. The Morgan fingerprint density at radius 3 is 2.84 bits per heavy atom. The molecule has 3 heterocycles. The van der Waals surface area contributed by atoms with E-state index in [1.54, 1.807) is 22.7 Å². The largest absolute Gasteiger partial charge is 0.397 e. The standard InChI is InChI=1S/C14H12N2S3/c1-2-3-8-13(16)12(7-15)19-14(8)11-6-10-9(18-11)4-5-17-10/h4-6H,2-3,16H2,1H3. The van der Waals surface area contributed by atoms with Gasteiger partial charge in [-0.05, 0) is 29.5 Å². The molecule has 2 nitrogen and oxygen atoms in total. The Hall–Kier alpha value is -1.35. The van der Waals surface area contributed by atoms with Gasteiger partial charge in [-0.2, -0.15) is 5.26 Å². The molecule has 0 fully saturated rings. The van der Waals surface area contributed by atoms with E-state index in [2.05, 4.69) is 30.5 Å². The van der Waals surface area contributed by atoms with Crippen molar-refractivity contribution in [3.8, 4) is 15.8 Å². The Bertz CT molecular complexity index is 742. The Balaban J connectivity index is 2.18. The average molecular weight is 304 g/mol. The van der Waals surface area contributed by atoms with Crippen LogP contribution in [0.2, 0.25) is 0 Å². The maximum absolute atomic E-state index is 9.16. The monoisotopic (exact) mass is 304 g/mol. The third kappa shape index (κ3) is 2.06. The minimum atomic E-state index is 0.648. The third-order valence-electron chi connectivity index (χ3n) is 3.01. The van der Waals surface area contributed by atoms with Gasteiger partial charge in [0, 0.05) is 14.3 Å². The van der Waals surface area contributed by atoms with E-state index >= 15 is 0 Å². The predicted molar refractivity (Wildman–Crippen MR) is 86.1 cm³/mol. The van der Waals surface area contributed by atoms with Crippen molar-refractivity contribution in [2.24, 2.45) is 0 Å². The molecule has 5 heteroatoms. The number of nitrogens with two attached hydrogens (primary N) is 1. The molecular weight excluding hydrogens is 292 g/mol. The number of nitrogens with zero attached hydrogens (tertiary/aromatic N) is 1. The summed E-state index contributed by atoms with van der Waals surface area (Å²) >= 11 is 5.07. The van der Waals surface area contributed by atoms with Crippen molar-refractivity contribution in [2.75, 3.05) is 5.73 Å². The van der Waals surface area contributed by atoms with E-state index in [-0.39, 0.29) is 0 Å². The van der Waals surface area contributed by atoms with Gasteiger partial charge in [0.25, 0.3) is 0 Å². The normalized spacial score (nSPS) is 10.9. The molecule has 2 N–H and O–H groups in total. The van der Waals surface area contributed by atoms with E-state index in [1.807, 2.05) is 0 Å². The molecule has 0 aliphatic rings. The molecule has 3 aromatic rings. The van der Waals surface area contributed by atoms with Gasteiger partial charge in [-0.3, -0.25) is 0 Å². The summed E-state index contributed by atoms with van der Waals surface area (Å²) < 4.78 is 2.63. The number of rotatable bonds is 3. The van der Waals surface area contributed by atoms with Gasteiger partial charge < -0.3 is 5.73 Å². The molecule has 0 aliphatic carbocycles. The second kappa shape index (κ2) is 4.97. The Morgan fingerprint density at radius 2 is 2.16 bits per heavy atom. The molecule has 0 saturated carbocycles. The van der Waals surface area contributed by atoms with Crippen molar-refractivity contribution in [1.29, 1.82) is 5.26 Å². The van der Waals surface area contributed by atoms with Crippen molar-refractivity contribution in [2.45, 2.75) is 19.8 Å². The average Bonchev–Trinajstić information content (AvgIpc) is 3.04. The third-order valence-corrected chi connectivity index (χ3v) is 6.44. The molecule has 0 spiro atoms. The zero-order valence-electron chi connectivity index (χ0n) is 10.4. The number of fused-ring (bicyclic) bond motifs is 1. The van der Waals surface area contributed by atoms with Crippen molar-refractivity contribution in [1.82, 2.24) is 0 Å².